The van der Waals surface area contributed by atoms with Crippen molar-refractivity contribution in [1.82, 2.24) is 19.5 Å². The molecule has 0 bridgehead atoms. The minimum atomic E-state index is -4.39. The first-order valence-corrected chi connectivity index (χ1v) is 8.06. The van der Waals surface area contributed by atoms with Gasteiger partial charge in [0.25, 0.3) is 0 Å². The number of hydrogen-bond acceptors (Lipinski definition) is 3. The molecule has 25 heavy (non-hydrogen) atoms. The second-order valence-corrected chi connectivity index (χ2v) is 6.37. The van der Waals surface area contributed by atoms with Gasteiger partial charge in [-0.1, -0.05) is 0 Å². The molecular formula is C16H11BrF3N5. The maximum Gasteiger partial charge on any atom is 0.416 e. The molecule has 3 aromatic heterocycles. The van der Waals surface area contributed by atoms with Crippen molar-refractivity contribution in [2.75, 3.05) is 5.32 Å². The summed E-state index contributed by atoms with van der Waals surface area (Å²) >= 11 is 3.33. The maximum absolute atomic E-state index is 12.9. The molecule has 0 atom stereocenters. The highest BCUT2D eigenvalue weighted by atomic mass is 79.9. The number of alkyl halides is 3. The van der Waals surface area contributed by atoms with Gasteiger partial charge < -0.3 is 14.9 Å². The Balaban J connectivity index is 1.78. The zero-order valence-corrected chi connectivity index (χ0v) is 14.4. The van der Waals surface area contributed by atoms with Gasteiger partial charge in [0.1, 0.15) is 10.1 Å². The van der Waals surface area contributed by atoms with Crippen LogP contribution in [0, 0.1) is 0 Å². The van der Waals surface area contributed by atoms with E-state index in [4.69, 9.17) is 0 Å². The predicted octanol–water partition coefficient (Wildman–Crippen LogP) is 4.97. The van der Waals surface area contributed by atoms with Crippen LogP contribution in [0.4, 0.5) is 24.8 Å². The van der Waals surface area contributed by atoms with Gasteiger partial charge in [-0.05, 0) is 46.3 Å². The van der Waals surface area contributed by atoms with E-state index in [9.17, 15) is 13.2 Å². The first-order chi connectivity index (χ1) is 11.8. The Hall–Kier alpha value is -2.55. The number of rotatable bonds is 2. The zero-order chi connectivity index (χ0) is 17.8. The molecule has 0 aliphatic rings. The lowest BCUT2D eigenvalue weighted by Gasteiger charge is -2.07. The lowest BCUT2D eigenvalue weighted by Crippen LogP contribution is -2.05. The summed E-state index contributed by atoms with van der Waals surface area (Å²) in [5, 5.41) is 3.13. The van der Waals surface area contributed by atoms with Gasteiger partial charge >= 0.3 is 6.18 Å². The van der Waals surface area contributed by atoms with E-state index in [-0.39, 0.29) is 0 Å². The van der Waals surface area contributed by atoms with Gasteiger partial charge in [0.2, 0.25) is 5.95 Å². The van der Waals surface area contributed by atoms with Crippen LogP contribution in [0.15, 0.2) is 41.1 Å². The standard InChI is InChI=1S/C16H11BrF3N5/c1-25-12-6-8(16(18,19)20)2-3-9(12)22-15(25)23-11-7-21-10-4-5-13(17)24-14(10)11/h2-7,21H,1H3,(H,22,23). The van der Waals surface area contributed by atoms with E-state index in [1.54, 1.807) is 17.8 Å². The van der Waals surface area contributed by atoms with Crippen LogP contribution >= 0.6 is 15.9 Å². The maximum atomic E-state index is 12.9. The van der Waals surface area contributed by atoms with Crippen LogP contribution in [-0.4, -0.2) is 19.5 Å². The third kappa shape index (κ3) is 2.74. The number of hydrogen-bond donors (Lipinski definition) is 2. The summed E-state index contributed by atoms with van der Waals surface area (Å²) in [4.78, 5) is 11.9. The normalized spacial score (nSPS) is 12.2. The Morgan fingerprint density at radius 3 is 2.72 bits per heavy atom. The largest absolute Gasteiger partial charge is 0.416 e. The molecule has 0 saturated heterocycles. The molecule has 0 amide bonds. The highest BCUT2D eigenvalue weighted by Crippen LogP contribution is 2.33. The van der Waals surface area contributed by atoms with Gasteiger partial charge in [0.15, 0.2) is 0 Å². The predicted molar refractivity (Wildman–Crippen MR) is 92.8 cm³/mol. The van der Waals surface area contributed by atoms with E-state index in [0.717, 1.165) is 17.6 Å². The van der Waals surface area contributed by atoms with Crippen molar-refractivity contribution in [2.24, 2.45) is 7.05 Å². The number of aromatic nitrogens is 4. The molecule has 0 aliphatic carbocycles. The topological polar surface area (TPSA) is 58.5 Å². The molecule has 3 heterocycles. The van der Waals surface area contributed by atoms with E-state index in [0.29, 0.717) is 32.8 Å². The fraction of sp³-hybridized carbons (Fsp3) is 0.125. The number of aromatic amines is 1. The molecule has 1 aromatic carbocycles. The van der Waals surface area contributed by atoms with Crippen molar-refractivity contribution < 1.29 is 13.2 Å². The Morgan fingerprint density at radius 1 is 1.16 bits per heavy atom. The lowest BCUT2D eigenvalue weighted by atomic mass is 10.2. The molecular weight excluding hydrogens is 399 g/mol. The number of anilines is 2. The fourth-order valence-electron chi connectivity index (χ4n) is 2.67. The number of imidazole rings is 1. The van der Waals surface area contributed by atoms with Crippen LogP contribution in [-0.2, 0) is 13.2 Å². The van der Waals surface area contributed by atoms with E-state index in [2.05, 4.69) is 36.2 Å². The summed E-state index contributed by atoms with van der Waals surface area (Å²) in [6, 6.07) is 7.19. The van der Waals surface area contributed by atoms with Crippen molar-refractivity contribution in [1.29, 1.82) is 0 Å². The molecule has 0 unspecified atom stereocenters. The first kappa shape index (κ1) is 15.9. The number of nitrogens with one attached hydrogen (secondary N) is 2. The summed E-state index contributed by atoms with van der Waals surface area (Å²) in [6.45, 7) is 0. The number of fused-ring (bicyclic) bond motifs is 2. The average molecular weight is 410 g/mol. The monoisotopic (exact) mass is 409 g/mol. The number of halogens is 4. The molecule has 5 nitrogen and oxygen atoms in total. The first-order valence-electron chi connectivity index (χ1n) is 7.27. The molecule has 4 aromatic rings. The van der Waals surface area contributed by atoms with Gasteiger partial charge in [-0.15, -0.1) is 0 Å². The van der Waals surface area contributed by atoms with E-state index >= 15 is 0 Å². The van der Waals surface area contributed by atoms with Gasteiger partial charge in [-0.2, -0.15) is 13.2 Å². The van der Waals surface area contributed by atoms with Gasteiger partial charge in [-0.25, -0.2) is 9.97 Å². The summed E-state index contributed by atoms with van der Waals surface area (Å²) in [6.07, 6.45) is -2.65. The average Bonchev–Trinajstić information content (AvgIpc) is 3.08. The molecule has 128 valence electrons. The smallest absolute Gasteiger partial charge is 0.358 e. The Labute approximate surface area is 148 Å². The molecule has 4 rings (SSSR count). The highest BCUT2D eigenvalue weighted by molar-refractivity contribution is 9.10. The van der Waals surface area contributed by atoms with Crippen LogP contribution in [0.3, 0.4) is 0 Å². The summed E-state index contributed by atoms with van der Waals surface area (Å²) in [7, 11) is 1.66. The Morgan fingerprint density at radius 2 is 1.96 bits per heavy atom. The summed E-state index contributed by atoms with van der Waals surface area (Å²) < 4.78 is 41.0. The van der Waals surface area contributed by atoms with Gasteiger partial charge in [0.05, 0.1) is 27.8 Å². The SMILES string of the molecule is Cn1c(Nc2c[nH]c3ccc(Br)nc23)nc2ccc(C(F)(F)F)cc21. The molecule has 0 fully saturated rings. The Kier molecular flexibility index (Phi) is 3.50. The van der Waals surface area contributed by atoms with Crippen molar-refractivity contribution in [3.8, 4) is 0 Å². The third-order valence-electron chi connectivity index (χ3n) is 3.94. The van der Waals surface area contributed by atoms with Crippen molar-refractivity contribution >= 4 is 49.6 Å². The van der Waals surface area contributed by atoms with E-state index in [1.807, 2.05) is 12.1 Å². The summed E-state index contributed by atoms with van der Waals surface area (Å²) in [5.74, 6) is 0.428. The molecule has 0 saturated carbocycles. The molecule has 0 spiro atoms. The van der Waals surface area contributed by atoms with E-state index in [1.165, 1.54) is 6.07 Å². The third-order valence-corrected chi connectivity index (χ3v) is 4.38. The van der Waals surface area contributed by atoms with E-state index < -0.39 is 11.7 Å². The quantitative estimate of drug-likeness (QED) is 0.459. The van der Waals surface area contributed by atoms with Gasteiger partial charge in [-0.3, -0.25) is 0 Å². The van der Waals surface area contributed by atoms with Crippen LogP contribution in [0.1, 0.15) is 5.56 Å². The fourth-order valence-corrected chi connectivity index (χ4v) is 2.98. The van der Waals surface area contributed by atoms with Crippen LogP contribution < -0.4 is 5.32 Å². The van der Waals surface area contributed by atoms with Crippen LogP contribution in [0.25, 0.3) is 22.1 Å². The Bertz CT molecular complexity index is 1100. The summed E-state index contributed by atoms with van der Waals surface area (Å²) in [5.41, 5.74) is 2.40. The zero-order valence-electron chi connectivity index (χ0n) is 12.8. The minimum absolute atomic E-state index is 0.395. The van der Waals surface area contributed by atoms with Crippen molar-refractivity contribution in [3.05, 3.63) is 46.7 Å². The van der Waals surface area contributed by atoms with Crippen molar-refractivity contribution in [3.63, 3.8) is 0 Å². The second-order valence-electron chi connectivity index (χ2n) is 5.55. The molecule has 2 N–H and O–H groups in total. The number of aryl methyl sites for hydroxylation is 1. The van der Waals surface area contributed by atoms with Crippen LogP contribution in [0.5, 0.6) is 0 Å². The number of nitrogens with zero attached hydrogens (tertiary/aromatic N) is 3. The minimum Gasteiger partial charge on any atom is -0.358 e. The molecule has 0 radical (unpaired) electrons. The number of pyridine rings is 1. The molecule has 0 aliphatic heterocycles. The highest BCUT2D eigenvalue weighted by Gasteiger charge is 2.31. The molecule has 9 heteroatoms. The van der Waals surface area contributed by atoms with Gasteiger partial charge in [0, 0.05) is 13.2 Å². The lowest BCUT2D eigenvalue weighted by molar-refractivity contribution is -0.137. The second kappa shape index (κ2) is 5.48. The number of benzene rings is 1. The van der Waals surface area contributed by atoms with Crippen LogP contribution in [0.2, 0.25) is 0 Å². The van der Waals surface area contributed by atoms with Crippen molar-refractivity contribution in [2.45, 2.75) is 6.18 Å². The number of H-pyrrole nitrogens is 1.